The molecule has 0 unspecified atom stereocenters. The molecule has 2 bridgehead atoms. The molecule has 2 heterocycles. The number of fused-ring (bicyclic) bond motifs is 5. The van der Waals surface area contributed by atoms with Gasteiger partial charge in [-0.25, -0.2) is 8.42 Å². The average Bonchev–Trinajstić information content (AvgIpc) is 3.46. The van der Waals surface area contributed by atoms with Gasteiger partial charge in [0.15, 0.2) is 0 Å². The van der Waals surface area contributed by atoms with Gasteiger partial charge in [-0.15, -0.1) is 0 Å². The lowest BCUT2D eigenvalue weighted by Gasteiger charge is -2.34. The molecule has 31 heavy (non-hydrogen) atoms. The van der Waals surface area contributed by atoms with Gasteiger partial charge in [0.2, 0.25) is 21.8 Å². The molecule has 0 N–H and O–H groups in total. The van der Waals surface area contributed by atoms with Gasteiger partial charge < -0.3 is 0 Å². The van der Waals surface area contributed by atoms with Crippen molar-refractivity contribution in [3.8, 4) is 0 Å². The van der Waals surface area contributed by atoms with Gasteiger partial charge in [-0.05, 0) is 29.9 Å². The van der Waals surface area contributed by atoms with Crippen LogP contribution in [0, 0.1) is 23.7 Å². The molecule has 2 amide bonds. The fourth-order valence-corrected chi connectivity index (χ4v) is 6.62. The van der Waals surface area contributed by atoms with Crippen molar-refractivity contribution in [3.63, 3.8) is 0 Å². The second kappa shape index (κ2) is 8.00. The molecule has 5 rings (SSSR count). The van der Waals surface area contributed by atoms with E-state index in [-0.39, 0.29) is 35.5 Å². The van der Waals surface area contributed by atoms with Crippen molar-refractivity contribution in [3.05, 3.63) is 53.5 Å². The SMILES string of the molecule is O=C1[C@@H]2[C@H](C(=O)N1CCN1CCN(S(=O)(=O)/C=C/c3ccccc3)CC1)[C@H]1C=C[C@@H]2C1. The van der Waals surface area contributed by atoms with Crippen molar-refractivity contribution < 1.29 is 18.0 Å². The molecule has 2 aliphatic carbocycles. The first-order valence-corrected chi connectivity index (χ1v) is 12.4. The number of hydrogen-bond acceptors (Lipinski definition) is 5. The van der Waals surface area contributed by atoms with Crippen molar-refractivity contribution >= 4 is 27.9 Å². The predicted octanol–water partition coefficient (Wildman–Crippen LogP) is 1.41. The number of allylic oxidation sites excluding steroid dienone is 2. The summed E-state index contributed by atoms with van der Waals surface area (Å²) in [6.45, 7) is 2.98. The summed E-state index contributed by atoms with van der Waals surface area (Å²) in [5, 5.41) is 1.26. The summed E-state index contributed by atoms with van der Waals surface area (Å²) in [6, 6.07) is 9.35. The summed E-state index contributed by atoms with van der Waals surface area (Å²) >= 11 is 0. The van der Waals surface area contributed by atoms with E-state index in [1.807, 2.05) is 30.3 Å². The zero-order chi connectivity index (χ0) is 21.6. The minimum absolute atomic E-state index is 0.0147. The highest BCUT2D eigenvalue weighted by Gasteiger charge is 2.59. The molecule has 0 radical (unpaired) electrons. The Morgan fingerprint density at radius 2 is 1.48 bits per heavy atom. The number of sulfonamides is 1. The largest absolute Gasteiger partial charge is 0.299 e. The minimum atomic E-state index is -3.47. The topological polar surface area (TPSA) is 78.0 Å². The van der Waals surface area contributed by atoms with Gasteiger partial charge in [0.05, 0.1) is 11.8 Å². The van der Waals surface area contributed by atoms with Crippen LogP contribution in [0.3, 0.4) is 0 Å². The van der Waals surface area contributed by atoms with E-state index >= 15 is 0 Å². The molecule has 1 aromatic rings. The van der Waals surface area contributed by atoms with E-state index in [0.717, 1.165) is 12.0 Å². The normalized spacial score (nSPS) is 31.3. The third-order valence-corrected chi connectivity index (χ3v) is 8.69. The van der Waals surface area contributed by atoms with Crippen LogP contribution in [-0.2, 0) is 19.6 Å². The number of likely N-dealkylation sites (tertiary alicyclic amines) is 1. The molecule has 8 heteroatoms. The first kappa shape index (κ1) is 20.6. The van der Waals surface area contributed by atoms with Gasteiger partial charge in [0, 0.05) is 44.7 Å². The van der Waals surface area contributed by atoms with E-state index in [9.17, 15) is 18.0 Å². The summed E-state index contributed by atoms with van der Waals surface area (Å²) in [4.78, 5) is 29.2. The molecule has 2 saturated heterocycles. The molecule has 164 valence electrons. The number of amides is 2. The summed E-state index contributed by atoms with van der Waals surface area (Å²) in [7, 11) is -3.47. The first-order chi connectivity index (χ1) is 14.9. The highest BCUT2D eigenvalue weighted by molar-refractivity contribution is 7.92. The molecule has 2 aliphatic heterocycles. The summed E-state index contributed by atoms with van der Waals surface area (Å²) in [5.41, 5.74) is 0.845. The third kappa shape index (κ3) is 3.77. The van der Waals surface area contributed by atoms with Crippen LogP contribution in [0.4, 0.5) is 0 Å². The molecule has 4 atom stereocenters. The molecule has 1 aromatic carbocycles. The molecular weight excluding hydrogens is 414 g/mol. The number of benzene rings is 1. The highest BCUT2D eigenvalue weighted by Crippen LogP contribution is 2.52. The Labute approximate surface area is 183 Å². The van der Waals surface area contributed by atoms with Crippen molar-refractivity contribution in [2.45, 2.75) is 6.42 Å². The highest BCUT2D eigenvalue weighted by atomic mass is 32.2. The number of carbonyl (C=O) groups excluding carboxylic acids is 2. The predicted molar refractivity (Wildman–Crippen MR) is 117 cm³/mol. The molecular formula is C23H27N3O4S. The van der Waals surface area contributed by atoms with Crippen molar-refractivity contribution in [2.75, 3.05) is 39.3 Å². The van der Waals surface area contributed by atoms with Crippen LogP contribution in [0.5, 0.6) is 0 Å². The van der Waals surface area contributed by atoms with Crippen LogP contribution in [0.15, 0.2) is 47.9 Å². The summed E-state index contributed by atoms with van der Waals surface area (Å²) in [6.07, 6.45) is 6.76. The first-order valence-electron chi connectivity index (χ1n) is 10.9. The Balaban J connectivity index is 1.13. The minimum Gasteiger partial charge on any atom is -0.299 e. The Bertz CT molecular complexity index is 998. The van der Waals surface area contributed by atoms with Crippen LogP contribution >= 0.6 is 0 Å². The quantitative estimate of drug-likeness (QED) is 0.493. The van der Waals surface area contributed by atoms with Gasteiger partial charge >= 0.3 is 0 Å². The standard InChI is InChI=1S/C23H27N3O4S/c27-22-20-18-6-7-19(16-18)21(20)23(28)26(22)14-11-24-9-12-25(13-10-24)31(29,30)15-8-17-4-2-1-3-5-17/h1-8,15,18-21H,9-14,16H2/b15-8+/t18-,19+,20+,21-. The lowest BCUT2D eigenvalue weighted by Crippen LogP contribution is -2.50. The fraction of sp³-hybridized carbons (Fsp3) is 0.478. The Kier molecular flexibility index (Phi) is 5.32. The zero-order valence-corrected chi connectivity index (χ0v) is 18.2. The van der Waals surface area contributed by atoms with Gasteiger partial charge in [0.25, 0.3) is 0 Å². The van der Waals surface area contributed by atoms with E-state index in [0.29, 0.717) is 39.3 Å². The Morgan fingerprint density at radius 1 is 0.871 bits per heavy atom. The maximum absolute atomic E-state index is 12.8. The molecule has 1 saturated carbocycles. The number of carbonyl (C=O) groups is 2. The van der Waals surface area contributed by atoms with Crippen LogP contribution in [-0.4, -0.2) is 73.6 Å². The number of piperazine rings is 1. The Hall–Kier alpha value is -2.29. The van der Waals surface area contributed by atoms with Crippen molar-refractivity contribution in [2.24, 2.45) is 23.7 Å². The molecule has 3 fully saturated rings. The van der Waals surface area contributed by atoms with Gasteiger partial charge in [-0.2, -0.15) is 4.31 Å². The molecule has 7 nitrogen and oxygen atoms in total. The molecule has 0 aromatic heterocycles. The van der Waals surface area contributed by atoms with Gasteiger partial charge in [0.1, 0.15) is 0 Å². The summed E-state index contributed by atoms with van der Waals surface area (Å²) in [5.74, 6) is 0.128. The van der Waals surface area contributed by atoms with Crippen molar-refractivity contribution in [1.29, 1.82) is 0 Å². The number of imide groups is 1. The monoisotopic (exact) mass is 441 g/mol. The maximum Gasteiger partial charge on any atom is 0.236 e. The van der Waals surface area contributed by atoms with E-state index in [4.69, 9.17) is 0 Å². The van der Waals surface area contributed by atoms with E-state index < -0.39 is 10.0 Å². The third-order valence-electron chi connectivity index (χ3n) is 7.12. The zero-order valence-electron chi connectivity index (χ0n) is 17.3. The van der Waals surface area contributed by atoms with Crippen LogP contribution in [0.2, 0.25) is 0 Å². The van der Waals surface area contributed by atoms with E-state index in [2.05, 4.69) is 17.1 Å². The molecule has 0 spiro atoms. The maximum atomic E-state index is 12.8. The van der Waals surface area contributed by atoms with Gasteiger partial charge in [-0.3, -0.25) is 19.4 Å². The lowest BCUT2D eigenvalue weighted by atomic mass is 9.85. The Morgan fingerprint density at radius 3 is 2.10 bits per heavy atom. The number of hydrogen-bond donors (Lipinski definition) is 0. The molecule has 4 aliphatic rings. The van der Waals surface area contributed by atoms with Crippen LogP contribution in [0.25, 0.3) is 6.08 Å². The van der Waals surface area contributed by atoms with Crippen LogP contribution < -0.4 is 0 Å². The summed E-state index contributed by atoms with van der Waals surface area (Å²) < 4.78 is 26.7. The van der Waals surface area contributed by atoms with E-state index in [1.54, 1.807) is 6.08 Å². The smallest absolute Gasteiger partial charge is 0.236 e. The van der Waals surface area contributed by atoms with Crippen LogP contribution in [0.1, 0.15) is 12.0 Å². The number of nitrogens with zero attached hydrogens (tertiary/aromatic N) is 3. The lowest BCUT2D eigenvalue weighted by molar-refractivity contribution is -0.140. The van der Waals surface area contributed by atoms with E-state index in [1.165, 1.54) is 14.6 Å². The average molecular weight is 442 g/mol. The fourth-order valence-electron chi connectivity index (χ4n) is 5.45. The second-order valence-corrected chi connectivity index (χ2v) is 10.6. The number of rotatable bonds is 6. The van der Waals surface area contributed by atoms with Crippen molar-refractivity contribution in [1.82, 2.24) is 14.1 Å². The second-order valence-electron chi connectivity index (χ2n) is 8.83. The van der Waals surface area contributed by atoms with Gasteiger partial charge in [-0.1, -0.05) is 42.5 Å².